The Kier molecular flexibility index (Phi) is 9.37. The molecular formula is C30H34N4O6S2. The van der Waals surface area contributed by atoms with E-state index in [1.165, 1.54) is 45.5 Å². The summed E-state index contributed by atoms with van der Waals surface area (Å²) in [7, 11) is -3.63. The number of anilines is 1. The highest BCUT2D eigenvalue weighted by Crippen LogP contribution is 2.38. The van der Waals surface area contributed by atoms with Gasteiger partial charge in [0.05, 0.1) is 17.1 Å². The van der Waals surface area contributed by atoms with Gasteiger partial charge in [-0.3, -0.25) is 19.8 Å². The number of fused-ring (bicyclic) bond motifs is 1. The quantitative estimate of drug-likeness (QED) is 0.381. The number of carbonyl (C=O) groups excluding carboxylic acids is 3. The van der Waals surface area contributed by atoms with Crippen LogP contribution in [0.4, 0.5) is 9.80 Å². The summed E-state index contributed by atoms with van der Waals surface area (Å²) in [6, 6.07) is 15.9. The summed E-state index contributed by atoms with van der Waals surface area (Å²) in [5.74, 6) is -1.12. The third-order valence-corrected chi connectivity index (χ3v) is 10.4. The molecule has 0 unspecified atom stereocenters. The van der Waals surface area contributed by atoms with Crippen molar-refractivity contribution >= 4 is 44.3 Å². The number of benzene rings is 2. The van der Waals surface area contributed by atoms with Crippen LogP contribution in [0.5, 0.6) is 0 Å². The highest BCUT2D eigenvalue weighted by atomic mass is 32.2. The number of nitrogens with one attached hydrogen (secondary N) is 2. The molecule has 1 saturated heterocycles. The average molecular weight is 611 g/mol. The molecule has 10 nitrogen and oxygen atoms in total. The van der Waals surface area contributed by atoms with Gasteiger partial charge in [-0.05, 0) is 61.6 Å². The zero-order valence-electron chi connectivity index (χ0n) is 23.4. The highest BCUT2D eigenvalue weighted by molar-refractivity contribution is 7.89. The van der Waals surface area contributed by atoms with Crippen LogP contribution in [-0.2, 0) is 34.3 Å². The van der Waals surface area contributed by atoms with E-state index in [-0.39, 0.29) is 22.6 Å². The third-order valence-electron chi connectivity index (χ3n) is 7.40. The maximum atomic E-state index is 13.3. The van der Waals surface area contributed by atoms with E-state index in [0.717, 1.165) is 36.2 Å². The SMILES string of the molecule is CCOC(=O)NC(=O)c1c(NC(=O)c2ccc(S(=O)(=O)N3CCCCC3)cc2)sc2c1CCN(Cc1ccccc1)C2. The minimum absolute atomic E-state index is 0.113. The van der Waals surface area contributed by atoms with Crippen LogP contribution in [0, 0.1) is 0 Å². The first-order chi connectivity index (χ1) is 20.3. The number of piperidine rings is 1. The molecule has 0 atom stereocenters. The van der Waals surface area contributed by atoms with Gasteiger partial charge in [0.25, 0.3) is 11.8 Å². The Bertz CT molecular complexity index is 1550. The molecule has 0 bridgehead atoms. The lowest BCUT2D eigenvalue weighted by Crippen LogP contribution is -2.35. The number of rotatable bonds is 8. The van der Waals surface area contributed by atoms with Crippen molar-refractivity contribution in [1.82, 2.24) is 14.5 Å². The van der Waals surface area contributed by atoms with Crippen molar-refractivity contribution in [2.75, 3.05) is 31.6 Å². The van der Waals surface area contributed by atoms with Crippen molar-refractivity contribution in [2.45, 2.75) is 50.6 Å². The summed E-state index contributed by atoms with van der Waals surface area (Å²) in [6.45, 7) is 4.79. The van der Waals surface area contributed by atoms with E-state index in [1.807, 2.05) is 18.2 Å². The molecule has 3 amide bonds. The van der Waals surface area contributed by atoms with Gasteiger partial charge in [0.15, 0.2) is 0 Å². The van der Waals surface area contributed by atoms with Crippen LogP contribution in [0.2, 0.25) is 0 Å². The number of alkyl carbamates (subject to hydrolysis) is 1. The predicted molar refractivity (Wildman–Crippen MR) is 160 cm³/mol. The van der Waals surface area contributed by atoms with Gasteiger partial charge in [-0.1, -0.05) is 36.8 Å². The molecule has 1 aromatic heterocycles. The number of nitrogens with zero attached hydrogens (tertiary/aromatic N) is 2. The Morgan fingerprint density at radius 2 is 1.64 bits per heavy atom. The summed E-state index contributed by atoms with van der Waals surface area (Å²) >= 11 is 1.31. The zero-order chi connectivity index (χ0) is 29.7. The van der Waals surface area contributed by atoms with E-state index >= 15 is 0 Å². The van der Waals surface area contributed by atoms with Crippen molar-refractivity contribution in [3.63, 3.8) is 0 Å². The van der Waals surface area contributed by atoms with Crippen LogP contribution in [0.1, 0.15) is 62.9 Å². The lowest BCUT2D eigenvalue weighted by atomic mass is 10.0. The lowest BCUT2D eigenvalue weighted by molar-refractivity contribution is 0.0924. The van der Waals surface area contributed by atoms with Gasteiger partial charge >= 0.3 is 6.09 Å². The first-order valence-electron chi connectivity index (χ1n) is 14.1. The first-order valence-corrected chi connectivity index (χ1v) is 16.3. The molecule has 0 aliphatic carbocycles. The zero-order valence-corrected chi connectivity index (χ0v) is 25.1. The minimum Gasteiger partial charge on any atom is -0.450 e. The van der Waals surface area contributed by atoms with Crippen LogP contribution >= 0.6 is 11.3 Å². The summed E-state index contributed by atoms with van der Waals surface area (Å²) < 4.78 is 32.4. The van der Waals surface area contributed by atoms with Crippen LogP contribution < -0.4 is 10.6 Å². The fourth-order valence-electron chi connectivity index (χ4n) is 5.29. The summed E-state index contributed by atoms with van der Waals surface area (Å²) in [6.07, 6.45) is 2.40. The topological polar surface area (TPSA) is 125 Å². The second-order valence-electron chi connectivity index (χ2n) is 10.3. The van der Waals surface area contributed by atoms with Gasteiger partial charge in [-0.2, -0.15) is 4.31 Å². The molecule has 42 heavy (non-hydrogen) atoms. The Balaban J connectivity index is 1.37. The van der Waals surface area contributed by atoms with Gasteiger partial charge in [0.2, 0.25) is 10.0 Å². The molecule has 0 radical (unpaired) electrons. The van der Waals surface area contributed by atoms with E-state index in [0.29, 0.717) is 37.6 Å². The largest absolute Gasteiger partial charge is 0.450 e. The smallest absolute Gasteiger partial charge is 0.414 e. The maximum absolute atomic E-state index is 13.3. The normalized spacial score (nSPS) is 15.9. The maximum Gasteiger partial charge on any atom is 0.414 e. The Morgan fingerprint density at radius 3 is 2.33 bits per heavy atom. The van der Waals surface area contributed by atoms with E-state index in [9.17, 15) is 22.8 Å². The molecule has 1 fully saturated rings. The van der Waals surface area contributed by atoms with Crippen molar-refractivity contribution in [3.05, 3.63) is 81.7 Å². The average Bonchev–Trinajstić information content (AvgIpc) is 3.35. The van der Waals surface area contributed by atoms with E-state index in [4.69, 9.17) is 4.74 Å². The highest BCUT2D eigenvalue weighted by Gasteiger charge is 2.30. The predicted octanol–water partition coefficient (Wildman–Crippen LogP) is 4.62. The molecule has 222 valence electrons. The molecule has 3 heterocycles. The third kappa shape index (κ3) is 6.73. The number of ether oxygens (including phenoxy) is 1. The first kappa shape index (κ1) is 29.9. The molecule has 12 heteroatoms. The van der Waals surface area contributed by atoms with Crippen LogP contribution in [-0.4, -0.2) is 61.8 Å². The molecule has 2 aromatic carbocycles. The van der Waals surface area contributed by atoms with Gasteiger partial charge in [-0.15, -0.1) is 11.3 Å². The number of hydrogen-bond acceptors (Lipinski definition) is 8. The second-order valence-corrected chi connectivity index (χ2v) is 13.3. The lowest BCUT2D eigenvalue weighted by Gasteiger charge is -2.27. The number of thiophene rings is 1. The summed E-state index contributed by atoms with van der Waals surface area (Å²) in [5.41, 5.74) is 2.47. The second kappa shape index (κ2) is 13.2. The van der Waals surface area contributed by atoms with Crippen molar-refractivity contribution in [1.29, 1.82) is 0 Å². The Morgan fingerprint density at radius 1 is 0.929 bits per heavy atom. The van der Waals surface area contributed by atoms with E-state index in [2.05, 4.69) is 27.7 Å². The number of sulfonamides is 1. The number of amides is 3. The van der Waals surface area contributed by atoms with Gasteiger partial charge in [0.1, 0.15) is 5.00 Å². The number of hydrogen-bond donors (Lipinski definition) is 2. The van der Waals surface area contributed by atoms with Gasteiger partial charge in [0, 0.05) is 43.2 Å². The van der Waals surface area contributed by atoms with E-state index < -0.39 is 27.9 Å². The molecule has 3 aromatic rings. The van der Waals surface area contributed by atoms with E-state index in [1.54, 1.807) is 6.92 Å². The molecule has 2 N–H and O–H groups in total. The molecule has 0 saturated carbocycles. The molecule has 2 aliphatic heterocycles. The van der Waals surface area contributed by atoms with Crippen LogP contribution in [0.25, 0.3) is 0 Å². The monoisotopic (exact) mass is 610 g/mol. The number of imide groups is 1. The number of carbonyl (C=O) groups is 3. The minimum atomic E-state index is -3.63. The van der Waals surface area contributed by atoms with Crippen LogP contribution in [0.15, 0.2) is 59.5 Å². The van der Waals surface area contributed by atoms with Gasteiger partial charge < -0.3 is 10.1 Å². The molecule has 2 aliphatic rings. The van der Waals surface area contributed by atoms with Crippen LogP contribution in [0.3, 0.4) is 0 Å². The van der Waals surface area contributed by atoms with Crippen molar-refractivity contribution < 1.29 is 27.5 Å². The summed E-state index contributed by atoms with van der Waals surface area (Å²) in [4.78, 5) is 41.9. The molecule has 5 rings (SSSR count). The Hall–Kier alpha value is -3.58. The Labute approximate surface area is 249 Å². The van der Waals surface area contributed by atoms with Crippen molar-refractivity contribution in [2.24, 2.45) is 0 Å². The fourth-order valence-corrected chi connectivity index (χ4v) is 8.09. The van der Waals surface area contributed by atoms with Gasteiger partial charge in [-0.25, -0.2) is 13.2 Å². The standard InChI is InChI=1S/C30H34N4O6S2/c1-2-40-30(37)32-28(36)26-24-15-18-33(19-21-9-5-3-6-10-21)20-25(24)41-29(26)31-27(35)22-11-13-23(14-12-22)42(38,39)34-16-7-4-8-17-34/h3,5-6,9-14H,2,4,7-8,15-20H2,1H3,(H,31,35)(H,32,36,37). The summed E-state index contributed by atoms with van der Waals surface area (Å²) in [5, 5.41) is 5.44. The fraction of sp³-hybridized carbons (Fsp3) is 0.367. The molecule has 0 spiro atoms. The van der Waals surface area contributed by atoms with Crippen molar-refractivity contribution in [3.8, 4) is 0 Å². The molecular weight excluding hydrogens is 576 g/mol.